The van der Waals surface area contributed by atoms with Crippen LogP contribution < -0.4 is 15.9 Å². The van der Waals surface area contributed by atoms with Gasteiger partial charge in [0.1, 0.15) is 17.5 Å². The molecule has 0 radical (unpaired) electrons. The maximum absolute atomic E-state index is 14.2. The Morgan fingerprint density at radius 3 is 2.60 bits per heavy atom. The van der Waals surface area contributed by atoms with Crippen LogP contribution in [0.1, 0.15) is 43.5 Å². The van der Waals surface area contributed by atoms with Crippen LogP contribution in [0, 0.1) is 19.7 Å². The molecule has 5 rings (SSSR count). The zero-order valence-electron chi connectivity index (χ0n) is 24.3. The first-order chi connectivity index (χ1) is 20.0. The Kier molecular flexibility index (Phi) is 8.01. The smallest absolute Gasteiger partial charge is 0.350 e. The van der Waals surface area contributed by atoms with Crippen molar-refractivity contribution in [3.05, 3.63) is 87.3 Å². The first-order valence-electron chi connectivity index (χ1n) is 13.8. The lowest BCUT2D eigenvalue weighted by Gasteiger charge is -2.40. The van der Waals surface area contributed by atoms with E-state index in [1.165, 1.54) is 22.8 Å². The van der Waals surface area contributed by atoms with Crippen LogP contribution in [0.3, 0.4) is 0 Å². The van der Waals surface area contributed by atoms with Gasteiger partial charge in [0, 0.05) is 37.6 Å². The molecule has 1 saturated heterocycles. The van der Waals surface area contributed by atoms with Crippen LogP contribution in [0.5, 0.6) is 0 Å². The predicted molar refractivity (Wildman–Crippen MR) is 165 cm³/mol. The van der Waals surface area contributed by atoms with E-state index in [2.05, 4.69) is 21.9 Å². The van der Waals surface area contributed by atoms with Crippen LogP contribution in [0.25, 0.3) is 16.7 Å². The number of fused-ring (bicyclic) bond motifs is 1. The second-order valence-corrected chi connectivity index (χ2v) is 11.3. The van der Waals surface area contributed by atoms with Crippen LogP contribution in [-0.4, -0.2) is 56.0 Å². The van der Waals surface area contributed by atoms with E-state index in [9.17, 15) is 14.0 Å². The molecule has 1 N–H and O–H groups in total. The fourth-order valence-electron chi connectivity index (χ4n) is 5.37. The van der Waals surface area contributed by atoms with Crippen molar-refractivity contribution in [3.8, 4) is 5.69 Å². The van der Waals surface area contributed by atoms with Crippen molar-refractivity contribution in [3.63, 3.8) is 0 Å². The van der Waals surface area contributed by atoms with E-state index in [4.69, 9.17) is 16.6 Å². The molecule has 0 unspecified atom stereocenters. The van der Waals surface area contributed by atoms with Gasteiger partial charge in [-0.3, -0.25) is 9.78 Å². The third-order valence-corrected chi connectivity index (χ3v) is 7.84. The van der Waals surface area contributed by atoms with Crippen molar-refractivity contribution >= 4 is 45.9 Å². The number of anilines is 3. The fourth-order valence-corrected chi connectivity index (χ4v) is 5.49. The van der Waals surface area contributed by atoms with E-state index < -0.39 is 11.5 Å². The maximum Gasteiger partial charge on any atom is 0.355 e. The lowest BCUT2D eigenvalue weighted by molar-refractivity contribution is -0.126. The molecule has 1 aromatic carbocycles. The molecule has 1 atom stereocenters. The minimum Gasteiger partial charge on any atom is -0.350 e. The van der Waals surface area contributed by atoms with Gasteiger partial charge in [0.15, 0.2) is 5.65 Å². The summed E-state index contributed by atoms with van der Waals surface area (Å²) in [6, 6.07) is 8.11. The molecule has 4 aromatic rings. The van der Waals surface area contributed by atoms with Gasteiger partial charge in [-0.05, 0) is 74.2 Å². The molecule has 218 valence electrons. The number of nitrogens with one attached hydrogen (secondary N) is 1. The Labute approximate surface area is 248 Å². The van der Waals surface area contributed by atoms with E-state index in [-0.39, 0.29) is 22.9 Å². The van der Waals surface area contributed by atoms with Crippen LogP contribution in [0.4, 0.5) is 21.7 Å². The molecular weight excluding hydrogens is 557 g/mol. The predicted octanol–water partition coefficient (Wildman–Crippen LogP) is 5.68. The van der Waals surface area contributed by atoms with E-state index in [1.54, 1.807) is 17.2 Å². The molecule has 4 heterocycles. The highest BCUT2D eigenvalue weighted by Crippen LogP contribution is 2.33. The van der Waals surface area contributed by atoms with Gasteiger partial charge < -0.3 is 15.1 Å². The number of rotatable bonds is 6. The summed E-state index contributed by atoms with van der Waals surface area (Å²) in [6.07, 6.45) is 3.04. The van der Waals surface area contributed by atoms with E-state index in [0.29, 0.717) is 53.7 Å². The Hall–Kier alpha value is -4.31. The topological polar surface area (TPSA) is 96.3 Å². The standard InChI is InChI=1S/C31H33ClFN7O2/c1-7-25(41)38-12-13-39(20(6)16-38)29-22-14-19(5)28(35-21-8-9-23(32)24(33)15-21)36-30(22)40(31(42)37-29)27-18(4)10-11-34-26(27)17(2)3/h7-11,14-15,17,20H,1,12-13,16H2,2-6H3,(H,35,36)/t20-/m0/s1. The molecule has 0 saturated carbocycles. The Morgan fingerprint density at radius 1 is 1.17 bits per heavy atom. The van der Waals surface area contributed by atoms with Crippen LogP contribution in [-0.2, 0) is 4.79 Å². The van der Waals surface area contributed by atoms with E-state index >= 15 is 0 Å². The number of pyridine rings is 2. The molecule has 42 heavy (non-hydrogen) atoms. The number of aryl methyl sites for hydroxylation is 2. The average Bonchev–Trinajstić information content (AvgIpc) is 2.95. The number of piperazine rings is 1. The van der Waals surface area contributed by atoms with Crippen molar-refractivity contribution in [1.29, 1.82) is 0 Å². The number of halogens is 2. The summed E-state index contributed by atoms with van der Waals surface area (Å²) in [5, 5.41) is 3.88. The molecule has 1 aliphatic heterocycles. The van der Waals surface area contributed by atoms with Crippen molar-refractivity contribution in [1.82, 2.24) is 24.4 Å². The number of carbonyl (C=O) groups excluding carboxylic acids is 1. The molecule has 11 heteroatoms. The number of benzene rings is 1. The van der Waals surface area contributed by atoms with E-state index in [1.807, 2.05) is 51.7 Å². The lowest BCUT2D eigenvalue weighted by atomic mass is 10.0. The van der Waals surface area contributed by atoms with Gasteiger partial charge >= 0.3 is 5.69 Å². The van der Waals surface area contributed by atoms with Crippen molar-refractivity contribution in [2.75, 3.05) is 29.9 Å². The van der Waals surface area contributed by atoms with Crippen LogP contribution in [0.2, 0.25) is 5.02 Å². The van der Waals surface area contributed by atoms with Gasteiger partial charge in [-0.2, -0.15) is 4.98 Å². The molecule has 1 fully saturated rings. The summed E-state index contributed by atoms with van der Waals surface area (Å²) in [5.74, 6) is 0.291. The molecule has 0 spiro atoms. The van der Waals surface area contributed by atoms with Crippen molar-refractivity contribution < 1.29 is 9.18 Å². The van der Waals surface area contributed by atoms with E-state index in [0.717, 1.165) is 16.8 Å². The quantitative estimate of drug-likeness (QED) is 0.289. The number of hydrogen-bond donors (Lipinski definition) is 1. The zero-order valence-corrected chi connectivity index (χ0v) is 25.0. The summed E-state index contributed by atoms with van der Waals surface area (Å²) in [5.41, 5.74) is 3.37. The third kappa shape index (κ3) is 5.34. The highest BCUT2D eigenvalue weighted by Gasteiger charge is 2.30. The fraction of sp³-hybridized carbons (Fsp3) is 0.323. The normalized spacial score (nSPS) is 15.4. The van der Waals surface area contributed by atoms with Crippen molar-refractivity contribution in [2.45, 2.75) is 46.6 Å². The molecular formula is C31H33ClFN7O2. The Balaban J connectivity index is 1.74. The molecule has 1 amide bonds. The number of amides is 1. The largest absolute Gasteiger partial charge is 0.355 e. The molecule has 0 bridgehead atoms. The third-order valence-electron chi connectivity index (χ3n) is 7.53. The molecule has 1 aliphatic rings. The highest BCUT2D eigenvalue weighted by atomic mass is 35.5. The van der Waals surface area contributed by atoms with Crippen LogP contribution in [0.15, 0.2) is 54.0 Å². The van der Waals surface area contributed by atoms with Gasteiger partial charge in [-0.15, -0.1) is 0 Å². The highest BCUT2D eigenvalue weighted by molar-refractivity contribution is 6.30. The van der Waals surface area contributed by atoms with Gasteiger partial charge in [0.2, 0.25) is 5.91 Å². The summed E-state index contributed by atoms with van der Waals surface area (Å²) in [6.45, 7) is 14.9. The second-order valence-electron chi connectivity index (χ2n) is 10.9. The minimum absolute atomic E-state index is 0.0190. The number of aromatic nitrogens is 4. The SMILES string of the molecule is C=CC(=O)N1CCN(c2nc(=O)n(-c3c(C)ccnc3C(C)C)c3nc(Nc4ccc(Cl)c(F)c4)c(C)cc23)[C@@H](C)C1. The van der Waals surface area contributed by atoms with Gasteiger partial charge in [0.25, 0.3) is 0 Å². The lowest BCUT2D eigenvalue weighted by Crippen LogP contribution is -2.54. The summed E-state index contributed by atoms with van der Waals surface area (Å²) < 4.78 is 15.8. The average molecular weight is 590 g/mol. The monoisotopic (exact) mass is 589 g/mol. The number of carbonyl (C=O) groups is 1. The van der Waals surface area contributed by atoms with Crippen LogP contribution >= 0.6 is 11.6 Å². The maximum atomic E-state index is 14.2. The minimum atomic E-state index is -0.556. The first kappa shape index (κ1) is 29.2. The molecule has 9 nitrogen and oxygen atoms in total. The van der Waals surface area contributed by atoms with Gasteiger partial charge in [0.05, 0.1) is 21.8 Å². The summed E-state index contributed by atoms with van der Waals surface area (Å²) >= 11 is 5.89. The summed E-state index contributed by atoms with van der Waals surface area (Å²) in [7, 11) is 0. The second kappa shape index (κ2) is 11.5. The number of hydrogen-bond acceptors (Lipinski definition) is 7. The van der Waals surface area contributed by atoms with Gasteiger partial charge in [-0.1, -0.05) is 32.0 Å². The zero-order chi connectivity index (χ0) is 30.3. The van der Waals surface area contributed by atoms with Crippen molar-refractivity contribution in [2.24, 2.45) is 0 Å². The number of nitrogens with zero attached hydrogens (tertiary/aromatic N) is 6. The molecule has 0 aliphatic carbocycles. The Bertz CT molecular complexity index is 1770. The first-order valence-corrected chi connectivity index (χ1v) is 14.2. The Morgan fingerprint density at radius 2 is 1.93 bits per heavy atom. The molecule has 3 aromatic heterocycles. The van der Waals surface area contributed by atoms with Gasteiger partial charge in [-0.25, -0.2) is 18.7 Å². The summed E-state index contributed by atoms with van der Waals surface area (Å²) in [4.78, 5) is 44.2.